The normalized spacial score (nSPS) is 10.7. The molecule has 1 aromatic heterocycles. The number of ether oxygens (including phenoxy) is 1. The lowest BCUT2D eigenvalue weighted by Gasteiger charge is -2.14. The van der Waals surface area contributed by atoms with E-state index in [1.54, 1.807) is 6.20 Å². The molecule has 0 saturated carbocycles. The van der Waals surface area contributed by atoms with Crippen LogP contribution in [0.3, 0.4) is 0 Å². The standard InChI is InChI=1S/C15H16BrNO/c1-10(2)12-6-4-5-7-13(12)18-15-14(16)11(3)8-9-17-15/h4-10H,1-3H3. The summed E-state index contributed by atoms with van der Waals surface area (Å²) in [5, 5.41) is 0. The van der Waals surface area contributed by atoms with Crippen molar-refractivity contribution < 1.29 is 4.74 Å². The van der Waals surface area contributed by atoms with Gasteiger partial charge in [0.15, 0.2) is 0 Å². The summed E-state index contributed by atoms with van der Waals surface area (Å²) in [6.07, 6.45) is 1.76. The smallest absolute Gasteiger partial charge is 0.233 e. The van der Waals surface area contributed by atoms with Gasteiger partial charge < -0.3 is 4.74 Å². The van der Waals surface area contributed by atoms with Crippen molar-refractivity contribution in [3.63, 3.8) is 0 Å². The van der Waals surface area contributed by atoms with E-state index in [1.165, 1.54) is 5.56 Å². The van der Waals surface area contributed by atoms with Crippen LogP contribution < -0.4 is 4.74 Å². The molecule has 0 saturated heterocycles. The monoisotopic (exact) mass is 305 g/mol. The van der Waals surface area contributed by atoms with Crippen LogP contribution >= 0.6 is 15.9 Å². The van der Waals surface area contributed by atoms with Crippen LogP contribution in [0.4, 0.5) is 0 Å². The first-order chi connectivity index (χ1) is 8.59. The highest BCUT2D eigenvalue weighted by Crippen LogP contribution is 2.33. The van der Waals surface area contributed by atoms with Gasteiger partial charge in [0.25, 0.3) is 0 Å². The Hall–Kier alpha value is -1.35. The molecular formula is C15H16BrNO. The molecule has 0 fully saturated rings. The zero-order valence-corrected chi connectivity index (χ0v) is 12.4. The number of pyridine rings is 1. The maximum absolute atomic E-state index is 5.92. The van der Waals surface area contributed by atoms with Crippen LogP contribution in [0.5, 0.6) is 11.6 Å². The Kier molecular flexibility index (Phi) is 4.02. The van der Waals surface area contributed by atoms with E-state index in [9.17, 15) is 0 Å². The number of hydrogen-bond acceptors (Lipinski definition) is 2. The Morgan fingerprint density at radius 1 is 1.17 bits per heavy atom. The largest absolute Gasteiger partial charge is 0.438 e. The average molecular weight is 306 g/mol. The van der Waals surface area contributed by atoms with E-state index in [0.29, 0.717) is 11.8 Å². The van der Waals surface area contributed by atoms with E-state index < -0.39 is 0 Å². The van der Waals surface area contributed by atoms with Crippen LogP contribution in [0.2, 0.25) is 0 Å². The molecule has 0 aliphatic heterocycles. The van der Waals surface area contributed by atoms with Crippen molar-refractivity contribution in [1.29, 1.82) is 0 Å². The molecule has 0 atom stereocenters. The number of rotatable bonds is 3. The van der Waals surface area contributed by atoms with Gasteiger partial charge in [-0.3, -0.25) is 0 Å². The van der Waals surface area contributed by atoms with E-state index in [-0.39, 0.29) is 0 Å². The summed E-state index contributed by atoms with van der Waals surface area (Å²) >= 11 is 3.51. The van der Waals surface area contributed by atoms with Gasteiger partial charge in [0.2, 0.25) is 5.88 Å². The third kappa shape index (κ3) is 2.72. The van der Waals surface area contributed by atoms with E-state index in [0.717, 1.165) is 15.8 Å². The van der Waals surface area contributed by atoms with Crippen LogP contribution in [-0.4, -0.2) is 4.98 Å². The van der Waals surface area contributed by atoms with Gasteiger partial charge in [-0.25, -0.2) is 4.98 Å². The van der Waals surface area contributed by atoms with E-state index in [4.69, 9.17) is 4.74 Å². The lowest BCUT2D eigenvalue weighted by atomic mass is 10.0. The topological polar surface area (TPSA) is 22.1 Å². The van der Waals surface area contributed by atoms with Gasteiger partial charge in [0, 0.05) is 6.20 Å². The van der Waals surface area contributed by atoms with Crippen LogP contribution in [0, 0.1) is 6.92 Å². The van der Waals surface area contributed by atoms with Crippen LogP contribution in [0.25, 0.3) is 0 Å². The molecule has 0 aliphatic rings. The minimum absolute atomic E-state index is 0.421. The zero-order chi connectivity index (χ0) is 13.1. The summed E-state index contributed by atoms with van der Waals surface area (Å²) in [6, 6.07) is 10.0. The molecule has 2 aromatic rings. The number of aromatic nitrogens is 1. The zero-order valence-electron chi connectivity index (χ0n) is 10.8. The van der Waals surface area contributed by atoms with Crippen molar-refractivity contribution in [2.24, 2.45) is 0 Å². The van der Waals surface area contributed by atoms with Crippen molar-refractivity contribution >= 4 is 15.9 Å². The summed E-state index contributed by atoms with van der Waals surface area (Å²) in [5.41, 5.74) is 2.30. The Labute approximate surface area is 116 Å². The van der Waals surface area contributed by atoms with Gasteiger partial charge in [0.05, 0.1) is 4.47 Å². The highest BCUT2D eigenvalue weighted by atomic mass is 79.9. The number of aryl methyl sites for hydroxylation is 1. The highest BCUT2D eigenvalue weighted by molar-refractivity contribution is 9.10. The average Bonchev–Trinajstić information content (AvgIpc) is 2.35. The Morgan fingerprint density at radius 3 is 2.61 bits per heavy atom. The first-order valence-electron chi connectivity index (χ1n) is 5.97. The molecule has 0 radical (unpaired) electrons. The fourth-order valence-corrected chi connectivity index (χ4v) is 2.06. The predicted octanol–water partition coefficient (Wildman–Crippen LogP) is 5.07. The SMILES string of the molecule is Cc1ccnc(Oc2ccccc2C(C)C)c1Br. The first-order valence-corrected chi connectivity index (χ1v) is 6.76. The van der Waals surface area contributed by atoms with Gasteiger partial charge in [-0.05, 0) is 52.0 Å². The molecule has 1 heterocycles. The Bertz CT molecular complexity index is 552. The summed E-state index contributed by atoms with van der Waals surface area (Å²) < 4.78 is 6.83. The molecule has 94 valence electrons. The van der Waals surface area contributed by atoms with Gasteiger partial charge in [-0.15, -0.1) is 0 Å². The highest BCUT2D eigenvalue weighted by Gasteiger charge is 2.11. The third-order valence-corrected chi connectivity index (χ3v) is 3.76. The molecule has 3 heteroatoms. The van der Waals surface area contributed by atoms with E-state index >= 15 is 0 Å². The second-order valence-electron chi connectivity index (χ2n) is 4.54. The van der Waals surface area contributed by atoms with Crippen LogP contribution in [0.15, 0.2) is 41.0 Å². The van der Waals surface area contributed by atoms with Crippen molar-refractivity contribution in [1.82, 2.24) is 4.98 Å². The number of hydrogen-bond donors (Lipinski definition) is 0. The molecule has 0 unspecified atom stereocenters. The molecule has 2 rings (SSSR count). The predicted molar refractivity (Wildman–Crippen MR) is 77.3 cm³/mol. The van der Waals surface area contributed by atoms with E-state index in [1.807, 2.05) is 31.2 Å². The molecular weight excluding hydrogens is 290 g/mol. The Balaban J connectivity index is 2.37. The quantitative estimate of drug-likeness (QED) is 0.790. The fraction of sp³-hybridized carbons (Fsp3) is 0.267. The minimum atomic E-state index is 0.421. The molecule has 0 aliphatic carbocycles. The van der Waals surface area contributed by atoms with Crippen LogP contribution in [0.1, 0.15) is 30.9 Å². The Morgan fingerprint density at radius 2 is 1.89 bits per heavy atom. The lowest BCUT2D eigenvalue weighted by Crippen LogP contribution is -1.96. The van der Waals surface area contributed by atoms with Crippen LogP contribution in [-0.2, 0) is 0 Å². The third-order valence-electron chi connectivity index (χ3n) is 2.80. The van der Waals surface area contributed by atoms with Crippen molar-refractivity contribution in [2.75, 3.05) is 0 Å². The maximum atomic E-state index is 5.92. The minimum Gasteiger partial charge on any atom is -0.438 e. The molecule has 0 spiro atoms. The molecule has 0 bridgehead atoms. The summed E-state index contributed by atoms with van der Waals surface area (Å²) in [6.45, 7) is 6.33. The first kappa shape index (κ1) is 13.1. The number of benzene rings is 1. The van der Waals surface area contributed by atoms with Crippen molar-refractivity contribution in [3.8, 4) is 11.6 Å². The number of para-hydroxylation sites is 1. The lowest BCUT2D eigenvalue weighted by molar-refractivity contribution is 0.451. The number of nitrogens with zero attached hydrogens (tertiary/aromatic N) is 1. The molecule has 2 nitrogen and oxygen atoms in total. The maximum Gasteiger partial charge on any atom is 0.233 e. The second kappa shape index (κ2) is 5.53. The number of halogens is 1. The van der Waals surface area contributed by atoms with E-state index in [2.05, 4.69) is 40.8 Å². The summed E-state index contributed by atoms with van der Waals surface area (Å²) in [7, 11) is 0. The molecule has 1 aromatic carbocycles. The molecule has 0 N–H and O–H groups in total. The van der Waals surface area contributed by atoms with Crippen molar-refractivity contribution in [3.05, 3.63) is 52.1 Å². The van der Waals surface area contributed by atoms with Gasteiger partial charge in [0.1, 0.15) is 5.75 Å². The van der Waals surface area contributed by atoms with Gasteiger partial charge in [-0.2, -0.15) is 0 Å². The second-order valence-corrected chi connectivity index (χ2v) is 5.33. The molecule has 18 heavy (non-hydrogen) atoms. The fourth-order valence-electron chi connectivity index (χ4n) is 1.74. The molecule has 0 amide bonds. The van der Waals surface area contributed by atoms with Gasteiger partial charge in [-0.1, -0.05) is 32.0 Å². The summed E-state index contributed by atoms with van der Waals surface area (Å²) in [4.78, 5) is 4.27. The van der Waals surface area contributed by atoms with Crippen molar-refractivity contribution in [2.45, 2.75) is 26.7 Å². The summed E-state index contributed by atoms with van der Waals surface area (Å²) in [5.74, 6) is 1.90. The van der Waals surface area contributed by atoms with Gasteiger partial charge >= 0.3 is 0 Å².